The zero-order valence-electron chi connectivity index (χ0n) is 13.2. The van der Waals surface area contributed by atoms with Crippen molar-refractivity contribution in [1.82, 2.24) is 10.1 Å². The Balaban J connectivity index is 0.00000192. The van der Waals surface area contributed by atoms with E-state index < -0.39 is 5.54 Å². The number of ether oxygens (including phenoxy) is 2. The topological polar surface area (TPSA) is 83.4 Å². The van der Waals surface area contributed by atoms with Crippen molar-refractivity contribution in [3.63, 3.8) is 0 Å². The summed E-state index contributed by atoms with van der Waals surface area (Å²) in [5.41, 5.74) is 6.59. The number of benzene rings is 1. The number of halogens is 1. The zero-order valence-corrected chi connectivity index (χ0v) is 14.0. The summed E-state index contributed by atoms with van der Waals surface area (Å²) in [5.74, 6) is 1.73. The van der Waals surface area contributed by atoms with Crippen LogP contribution in [0.5, 0.6) is 5.75 Å². The third-order valence-corrected chi connectivity index (χ3v) is 3.92. The van der Waals surface area contributed by atoms with E-state index in [1.165, 1.54) is 0 Å². The summed E-state index contributed by atoms with van der Waals surface area (Å²) in [5, 5.41) is 4.05. The lowest BCUT2D eigenvalue weighted by Crippen LogP contribution is -2.44. The summed E-state index contributed by atoms with van der Waals surface area (Å²) in [4.78, 5) is 4.47. The molecule has 0 saturated heterocycles. The lowest BCUT2D eigenvalue weighted by molar-refractivity contribution is 0.110. The van der Waals surface area contributed by atoms with Crippen LogP contribution in [-0.4, -0.2) is 30.0 Å². The monoisotopic (exact) mass is 339 g/mol. The van der Waals surface area contributed by atoms with Crippen molar-refractivity contribution in [2.24, 2.45) is 5.73 Å². The Morgan fingerprint density at radius 2 is 2.04 bits per heavy atom. The van der Waals surface area contributed by atoms with E-state index in [0.717, 1.165) is 24.8 Å². The van der Waals surface area contributed by atoms with E-state index >= 15 is 0 Å². The van der Waals surface area contributed by atoms with E-state index in [1.54, 1.807) is 0 Å². The molecule has 1 aromatic carbocycles. The molecule has 1 saturated carbocycles. The van der Waals surface area contributed by atoms with E-state index in [0.29, 0.717) is 37.3 Å². The van der Waals surface area contributed by atoms with Crippen LogP contribution in [0.25, 0.3) is 11.5 Å². The molecule has 2 aromatic rings. The van der Waals surface area contributed by atoms with E-state index in [-0.39, 0.29) is 12.4 Å². The highest BCUT2D eigenvalue weighted by Gasteiger charge is 2.39. The van der Waals surface area contributed by atoms with Gasteiger partial charge >= 0.3 is 0 Å². The van der Waals surface area contributed by atoms with Crippen molar-refractivity contribution in [2.45, 2.75) is 31.7 Å². The van der Waals surface area contributed by atoms with E-state index in [1.807, 2.05) is 31.2 Å². The maximum absolute atomic E-state index is 6.23. The first-order valence-corrected chi connectivity index (χ1v) is 7.66. The van der Waals surface area contributed by atoms with Gasteiger partial charge in [-0.3, -0.25) is 0 Å². The second kappa shape index (κ2) is 7.77. The molecule has 0 atom stereocenters. The number of rotatable bonds is 7. The molecule has 1 heterocycles. The Bertz CT molecular complexity index is 629. The lowest BCUT2D eigenvalue weighted by Gasteiger charge is -2.34. The Morgan fingerprint density at radius 3 is 2.74 bits per heavy atom. The molecule has 0 aliphatic heterocycles. The summed E-state index contributed by atoms with van der Waals surface area (Å²) >= 11 is 0. The lowest BCUT2D eigenvalue weighted by atomic mass is 9.77. The molecule has 1 aliphatic carbocycles. The van der Waals surface area contributed by atoms with Crippen LogP contribution in [0.15, 0.2) is 28.8 Å². The smallest absolute Gasteiger partial charge is 0.261 e. The molecule has 0 amide bonds. The standard InChI is InChI=1S/C16H21N3O3.ClH/c1-2-20-10-11-21-13-7-4-3-6-12(13)14-18-15(19-22-14)16(17)8-5-9-16;/h3-4,6-7H,2,5,8-11,17H2,1H3;1H. The van der Waals surface area contributed by atoms with Gasteiger partial charge in [-0.15, -0.1) is 12.4 Å². The quantitative estimate of drug-likeness (QED) is 0.781. The minimum absolute atomic E-state index is 0. The third kappa shape index (κ3) is 3.83. The second-order valence-corrected chi connectivity index (χ2v) is 5.47. The van der Waals surface area contributed by atoms with Gasteiger partial charge in [0.15, 0.2) is 5.82 Å². The van der Waals surface area contributed by atoms with Crippen molar-refractivity contribution >= 4 is 12.4 Å². The predicted octanol–water partition coefficient (Wildman–Crippen LogP) is 2.91. The maximum atomic E-state index is 6.23. The maximum Gasteiger partial charge on any atom is 0.261 e. The molecule has 0 bridgehead atoms. The molecule has 23 heavy (non-hydrogen) atoms. The van der Waals surface area contributed by atoms with Crippen LogP contribution >= 0.6 is 12.4 Å². The highest BCUT2D eigenvalue weighted by atomic mass is 35.5. The Kier molecular flexibility index (Phi) is 5.98. The van der Waals surface area contributed by atoms with Gasteiger partial charge in [0, 0.05) is 6.61 Å². The Labute approximate surface area is 141 Å². The van der Waals surface area contributed by atoms with Gasteiger partial charge in [0.2, 0.25) is 0 Å². The molecule has 6 nitrogen and oxygen atoms in total. The van der Waals surface area contributed by atoms with E-state index in [4.69, 9.17) is 19.7 Å². The van der Waals surface area contributed by atoms with Crippen molar-refractivity contribution in [2.75, 3.05) is 19.8 Å². The third-order valence-electron chi connectivity index (χ3n) is 3.92. The first-order chi connectivity index (χ1) is 10.7. The SMILES string of the molecule is CCOCCOc1ccccc1-c1nc(C2(N)CCC2)no1.Cl. The zero-order chi connectivity index (χ0) is 15.4. The van der Waals surface area contributed by atoms with Crippen LogP contribution < -0.4 is 10.5 Å². The van der Waals surface area contributed by atoms with Gasteiger partial charge in [-0.2, -0.15) is 4.98 Å². The molecule has 7 heteroatoms. The van der Waals surface area contributed by atoms with Crippen LogP contribution in [0, 0.1) is 0 Å². The molecular weight excluding hydrogens is 318 g/mol. The molecule has 3 rings (SSSR count). The fraction of sp³-hybridized carbons (Fsp3) is 0.500. The highest BCUT2D eigenvalue weighted by molar-refractivity contribution is 5.85. The van der Waals surface area contributed by atoms with Gasteiger partial charge in [-0.1, -0.05) is 17.3 Å². The minimum Gasteiger partial charge on any atom is -0.490 e. The number of nitrogens with two attached hydrogens (primary N) is 1. The summed E-state index contributed by atoms with van der Waals surface area (Å²) in [6, 6.07) is 7.60. The van der Waals surface area contributed by atoms with Crippen LogP contribution in [0.4, 0.5) is 0 Å². The van der Waals surface area contributed by atoms with Gasteiger partial charge in [-0.05, 0) is 38.3 Å². The number of aromatic nitrogens is 2. The fourth-order valence-corrected chi connectivity index (χ4v) is 2.44. The number of nitrogens with zero attached hydrogens (tertiary/aromatic N) is 2. The number of para-hydroxylation sites is 1. The van der Waals surface area contributed by atoms with Crippen molar-refractivity contribution in [1.29, 1.82) is 0 Å². The first kappa shape index (κ1) is 17.7. The van der Waals surface area contributed by atoms with Crippen LogP contribution in [0.2, 0.25) is 0 Å². The van der Waals surface area contributed by atoms with E-state index in [2.05, 4.69) is 10.1 Å². The van der Waals surface area contributed by atoms with Crippen LogP contribution in [0.1, 0.15) is 32.0 Å². The summed E-state index contributed by atoms with van der Waals surface area (Å²) in [6.45, 7) is 3.66. The molecular formula is C16H22ClN3O3. The molecule has 1 aliphatic rings. The van der Waals surface area contributed by atoms with Crippen molar-refractivity contribution in [3.8, 4) is 17.2 Å². The second-order valence-electron chi connectivity index (χ2n) is 5.47. The number of hydrogen-bond donors (Lipinski definition) is 1. The van der Waals surface area contributed by atoms with Gasteiger partial charge in [0.25, 0.3) is 5.89 Å². The van der Waals surface area contributed by atoms with Gasteiger partial charge in [0.1, 0.15) is 12.4 Å². The molecule has 1 aromatic heterocycles. The van der Waals surface area contributed by atoms with Gasteiger partial charge < -0.3 is 19.7 Å². The van der Waals surface area contributed by atoms with Crippen LogP contribution in [-0.2, 0) is 10.3 Å². The molecule has 2 N–H and O–H groups in total. The molecule has 0 spiro atoms. The Hall–Kier alpha value is -1.63. The molecule has 0 unspecified atom stereocenters. The van der Waals surface area contributed by atoms with Crippen molar-refractivity contribution < 1.29 is 14.0 Å². The summed E-state index contributed by atoms with van der Waals surface area (Å²) < 4.78 is 16.4. The Morgan fingerprint density at radius 1 is 1.26 bits per heavy atom. The molecule has 1 fully saturated rings. The first-order valence-electron chi connectivity index (χ1n) is 7.66. The summed E-state index contributed by atoms with van der Waals surface area (Å²) in [6.07, 6.45) is 2.91. The largest absolute Gasteiger partial charge is 0.490 e. The van der Waals surface area contributed by atoms with Gasteiger partial charge in [0.05, 0.1) is 17.7 Å². The molecule has 126 valence electrons. The predicted molar refractivity (Wildman–Crippen MR) is 88.7 cm³/mol. The highest BCUT2D eigenvalue weighted by Crippen LogP contribution is 2.38. The van der Waals surface area contributed by atoms with Gasteiger partial charge in [-0.25, -0.2) is 0 Å². The fourth-order valence-electron chi connectivity index (χ4n) is 2.44. The van der Waals surface area contributed by atoms with E-state index in [9.17, 15) is 0 Å². The van der Waals surface area contributed by atoms with Crippen LogP contribution in [0.3, 0.4) is 0 Å². The van der Waals surface area contributed by atoms with Crippen molar-refractivity contribution in [3.05, 3.63) is 30.1 Å². The normalized spacial score (nSPS) is 15.6. The summed E-state index contributed by atoms with van der Waals surface area (Å²) in [7, 11) is 0. The average molecular weight is 340 g/mol. The minimum atomic E-state index is -0.424. The molecule has 0 radical (unpaired) electrons. The average Bonchev–Trinajstić information content (AvgIpc) is 3.00. The number of hydrogen-bond acceptors (Lipinski definition) is 6.